The van der Waals surface area contributed by atoms with Crippen molar-refractivity contribution in [1.29, 1.82) is 0 Å². The van der Waals surface area contributed by atoms with Crippen molar-refractivity contribution in [2.75, 3.05) is 5.32 Å². The molecule has 19 heavy (non-hydrogen) atoms. The third-order valence-electron chi connectivity index (χ3n) is 3.64. The Morgan fingerprint density at radius 2 is 2.11 bits per heavy atom. The molecule has 1 fully saturated rings. The lowest BCUT2D eigenvalue weighted by atomic mass is 9.91. The number of rotatable bonds is 3. The monoisotopic (exact) mass is 327 g/mol. The number of anilines is 1. The molecule has 104 valence electrons. The van der Waals surface area contributed by atoms with Gasteiger partial charge in [-0.1, -0.05) is 12.8 Å². The number of nitro groups is 1. The van der Waals surface area contributed by atoms with Crippen LogP contribution in [-0.4, -0.2) is 17.0 Å². The van der Waals surface area contributed by atoms with Gasteiger partial charge >= 0.3 is 0 Å². The fraction of sp³-hybridized carbons (Fsp3) is 0.538. The number of hydrogen-bond acceptors (Lipinski definition) is 4. The average Bonchev–Trinajstić information content (AvgIpc) is 2.35. The Kier molecular flexibility index (Phi) is 4.42. The van der Waals surface area contributed by atoms with Gasteiger partial charge in [-0.2, -0.15) is 0 Å². The SMILES string of the molecule is Cc1cc(N[C@@H]2CCCC[C@H]2N)c(Br)cc1[N+](=O)[O-]. The zero-order valence-electron chi connectivity index (χ0n) is 10.9. The molecule has 0 spiro atoms. The normalized spacial score (nSPS) is 23.1. The van der Waals surface area contributed by atoms with E-state index in [2.05, 4.69) is 21.2 Å². The van der Waals surface area contributed by atoms with Gasteiger partial charge < -0.3 is 11.1 Å². The van der Waals surface area contributed by atoms with Gasteiger partial charge in [0.2, 0.25) is 0 Å². The maximum Gasteiger partial charge on any atom is 0.273 e. The summed E-state index contributed by atoms with van der Waals surface area (Å²) < 4.78 is 0.711. The Hall–Kier alpha value is -1.14. The summed E-state index contributed by atoms with van der Waals surface area (Å²) in [6, 6.07) is 3.75. The predicted octanol–water partition coefficient (Wildman–Crippen LogP) is 3.35. The molecule has 2 rings (SSSR count). The number of benzene rings is 1. The molecule has 0 heterocycles. The van der Waals surface area contributed by atoms with Crippen LogP contribution in [0, 0.1) is 17.0 Å². The first-order valence-electron chi connectivity index (χ1n) is 6.45. The van der Waals surface area contributed by atoms with E-state index in [0.29, 0.717) is 10.0 Å². The lowest BCUT2D eigenvalue weighted by Gasteiger charge is -2.30. The highest BCUT2D eigenvalue weighted by Gasteiger charge is 2.23. The first kappa shape index (κ1) is 14.3. The predicted molar refractivity (Wildman–Crippen MR) is 79.4 cm³/mol. The van der Waals surface area contributed by atoms with Gasteiger partial charge in [-0.25, -0.2) is 0 Å². The molecule has 3 N–H and O–H groups in total. The minimum Gasteiger partial charge on any atom is -0.380 e. The molecule has 2 atom stereocenters. The number of nitrogens with zero attached hydrogens (tertiary/aromatic N) is 1. The van der Waals surface area contributed by atoms with E-state index in [1.165, 1.54) is 12.8 Å². The number of aryl methyl sites for hydroxylation is 1. The summed E-state index contributed by atoms with van der Waals surface area (Å²) in [6.45, 7) is 1.75. The largest absolute Gasteiger partial charge is 0.380 e. The van der Waals surface area contributed by atoms with Gasteiger partial charge in [0.05, 0.1) is 4.92 Å². The van der Waals surface area contributed by atoms with E-state index in [1.807, 2.05) is 6.07 Å². The highest BCUT2D eigenvalue weighted by Crippen LogP contribution is 2.32. The van der Waals surface area contributed by atoms with Crippen LogP contribution >= 0.6 is 15.9 Å². The second-order valence-corrected chi connectivity index (χ2v) is 5.93. The number of halogens is 1. The summed E-state index contributed by atoms with van der Waals surface area (Å²) in [5.41, 5.74) is 7.77. The van der Waals surface area contributed by atoms with Crippen LogP contribution in [0.25, 0.3) is 0 Å². The fourth-order valence-electron chi connectivity index (χ4n) is 2.52. The quantitative estimate of drug-likeness (QED) is 0.658. The molecule has 0 unspecified atom stereocenters. The van der Waals surface area contributed by atoms with Crippen LogP contribution in [0.4, 0.5) is 11.4 Å². The van der Waals surface area contributed by atoms with Crippen molar-refractivity contribution in [1.82, 2.24) is 0 Å². The van der Waals surface area contributed by atoms with E-state index in [4.69, 9.17) is 5.73 Å². The van der Waals surface area contributed by atoms with Gasteiger partial charge in [-0.15, -0.1) is 0 Å². The summed E-state index contributed by atoms with van der Waals surface area (Å²) >= 11 is 3.39. The topological polar surface area (TPSA) is 81.2 Å². The molecule has 0 bridgehead atoms. The molecule has 1 aliphatic carbocycles. The molecule has 0 aliphatic heterocycles. The molecular weight excluding hydrogens is 310 g/mol. The van der Waals surface area contributed by atoms with Gasteiger partial charge in [-0.3, -0.25) is 10.1 Å². The van der Waals surface area contributed by atoms with Crippen molar-refractivity contribution < 1.29 is 4.92 Å². The summed E-state index contributed by atoms with van der Waals surface area (Å²) in [5.74, 6) is 0. The third-order valence-corrected chi connectivity index (χ3v) is 4.30. The maximum absolute atomic E-state index is 10.9. The summed E-state index contributed by atoms with van der Waals surface area (Å²) in [5, 5.41) is 14.3. The summed E-state index contributed by atoms with van der Waals surface area (Å²) in [7, 11) is 0. The van der Waals surface area contributed by atoms with E-state index in [-0.39, 0.29) is 22.7 Å². The lowest BCUT2D eigenvalue weighted by Crippen LogP contribution is -2.42. The number of hydrogen-bond donors (Lipinski definition) is 2. The van der Waals surface area contributed by atoms with E-state index in [0.717, 1.165) is 18.5 Å². The third kappa shape index (κ3) is 3.25. The minimum absolute atomic E-state index is 0.130. The molecule has 1 aromatic rings. The maximum atomic E-state index is 10.9. The molecule has 1 aliphatic rings. The fourth-order valence-corrected chi connectivity index (χ4v) is 2.96. The molecule has 0 aromatic heterocycles. The van der Waals surface area contributed by atoms with Gasteiger partial charge in [0, 0.05) is 33.9 Å². The molecule has 0 amide bonds. The van der Waals surface area contributed by atoms with Crippen LogP contribution in [0.15, 0.2) is 16.6 Å². The highest BCUT2D eigenvalue weighted by atomic mass is 79.9. The minimum atomic E-state index is -0.365. The van der Waals surface area contributed by atoms with Gasteiger partial charge in [0.15, 0.2) is 0 Å². The Labute approximate surface area is 120 Å². The lowest BCUT2D eigenvalue weighted by molar-refractivity contribution is -0.385. The zero-order chi connectivity index (χ0) is 14.0. The van der Waals surface area contributed by atoms with Crippen molar-refractivity contribution in [3.05, 3.63) is 32.3 Å². The standard InChI is InChI=1S/C13H18BrN3O2/c1-8-6-12(9(14)7-13(8)17(18)19)16-11-5-3-2-4-10(11)15/h6-7,10-11,16H,2-5,15H2,1H3/t10-,11-/m1/s1. The first-order valence-corrected chi connectivity index (χ1v) is 7.25. The Morgan fingerprint density at radius 1 is 1.42 bits per heavy atom. The highest BCUT2D eigenvalue weighted by molar-refractivity contribution is 9.10. The van der Waals surface area contributed by atoms with Crippen LogP contribution in [0.5, 0.6) is 0 Å². The van der Waals surface area contributed by atoms with Crippen LogP contribution in [0.2, 0.25) is 0 Å². The van der Waals surface area contributed by atoms with Crippen molar-refractivity contribution in [2.45, 2.75) is 44.7 Å². The smallest absolute Gasteiger partial charge is 0.273 e. The number of nitro benzene ring substituents is 1. The van der Waals surface area contributed by atoms with Crippen LogP contribution in [0.1, 0.15) is 31.2 Å². The summed E-state index contributed by atoms with van der Waals surface area (Å²) in [6.07, 6.45) is 4.43. The second kappa shape index (κ2) is 5.88. The van der Waals surface area contributed by atoms with Crippen LogP contribution in [0.3, 0.4) is 0 Å². The van der Waals surface area contributed by atoms with Gasteiger partial charge in [0.25, 0.3) is 5.69 Å². The van der Waals surface area contributed by atoms with Crippen molar-refractivity contribution >= 4 is 27.3 Å². The molecule has 5 nitrogen and oxygen atoms in total. The molecule has 6 heteroatoms. The molecule has 0 saturated heterocycles. The Bertz CT molecular complexity index is 493. The first-order chi connectivity index (χ1) is 8.99. The molecule has 0 radical (unpaired) electrons. The Morgan fingerprint density at radius 3 is 2.74 bits per heavy atom. The number of nitrogens with one attached hydrogen (secondary N) is 1. The van der Waals surface area contributed by atoms with E-state index in [1.54, 1.807) is 13.0 Å². The van der Waals surface area contributed by atoms with E-state index < -0.39 is 0 Å². The van der Waals surface area contributed by atoms with Gasteiger partial charge in [-0.05, 0) is 41.8 Å². The number of nitrogens with two attached hydrogens (primary N) is 1. The second-order valence-electron chi connectivity index (χ2n) is 5.07. The van der Waals surface area contributed by atoms with Crippen LogP contribution < -0.4 is 11.1 Å². The zero-order valence-corrected chi connectivity index (χ0v) is 12.4. The van der Waals surface area contributed by atoms with Gasteiger partial charge in [0.1, 0.15) is 0 Å². The van der Waals surface area contributed by atoms with Crippen LogP contribution in [-0.2, 0) is 0 Å². The van der Waals surface area contributed by atoms with Crippen molar-refractivity contribution in [3.63, 3.8) is 0 Å². The van der Waals surface area contributed by atoms with Crippen molar-refractivity contribution in [3.8, 4) is 0 Å². The summed E-state index contributed by atoms with van der Waals surface area (Å²) in [4.78, 5) is 10.5. The van der Waals surface area contributed by atoms with E-state index >= 15 is 0 Å². The van der Waals surface area contributed by atoms with E-state index in [9.17, 15) is 10.1 Å². The average molecular weight is 328 g/mol. The Balaban J connectivity index is 2.21. The molecular formula is C13H18BrN3O2. The van der Waals surface area contributed by atoms with Crippen molar-refractivity contribution in [2.24, 2.45) is 5.73 Å². The molecule has 1 saturated carbocycles. The molecule has 1 aromatic carbocycles.